The Morgan fingerprint density at radius 3 is 2.85 bits per heavy atom. The first kappa shape index (κ1) is 14.3. The van der Waals surface area contributed by atoms with E-state index in [4.69, 9.17) is 9.84 Å². The molecular formula is C15H18N2O3. The van der Waals surface area contributed by atoms with Crippen molar-refractivity contribution >= 4 is 0 Å². The summed E-state index contributed by atoms with van der Waals surface area (Å²) in [4.78, 5) is 19.2. The molecule has 5 nitrogen and oxygen atoms in total. The van der Waals surface area contributed by atoms with Crippen molar-refractivity contribution in [1.29, 1.82) is 0 Å². The number of hydrogen-bond donors (Lipinski definition) is 2. The Hall–Kier alpha value is -2.14. The van der Waals surface area contributed by atoms with Gasteiger partial charge in [-0.3, -0.25) is 4.79 Å². The van der Waals surface area contributed by atoms with Crippen LogP contribution in [0.2, 0.25) is 0 Å². The van der Waals surface area contributed by atoms with Gasteiger partial charge in [-0.05, 0) is 26.0 Å². The first-order valence-electron chi connectivity index (χ1n) is 6.59. The highest BCUT2D eigenvalue weighted by Crippen LogP contribution is 2.20. The fourth-order valence-electron chi connectivity index (χ4n) is 2.05. The van der Waals surface area contributed by atoms with E-state index in [1.54, 1.807) is 6.92 Å². The van der Waals surface area contributed by atoms with E-state index < -0.39 is 0 Å². The van der Waals surface area contributed by atoms with Crippen LogP contribution < -0.4 is 10.3 Å². The van der Waals surface area contributed by atoms with E-state index in [1.165, 1.54) is 0 Å². The van der Waals surface area contributed by atoms with Gasteiger partial charge in [0.2, 0.25) is 0 Å². The summed E-state index contributed by atoms with van der Waals surface area (Å²) in [5.41, 5.74) is 1.76. The van der Waals surface area contributed by atoms with Gasteiger partial charge in [0, 0.05) is 29.8 Å². The number of rotatable bonds is 5. The number of nitrogens with zero attached hydrogens (tertiary/aromatic N) is 1. The minimum Gasteiger partial charge on any atom is -0.494 e. The standard InChI is InChI=1S/C15H18N2O3/c1-3-20-12-6-4-5-11(9-12)14-16-10(2)13(7-8-18)15(19)17-14/h4-6,9,18H,3,7-8H2,1-2H3,(H,16,17,19). The Morgan fingerprint density at radius 1 is 1.40 bits per heavy atom. The van der Waals surface area contributed by atoms with Crippen LogP contribution in [-0.4, -0.2) is 28.3 Å². The fraction of sp³-hybridized carbons (Fsp3) is 0.333. The van der Waals surface area contributed by atoms with Crippen molar-refractivity contribution in [3.8, 4) is 17.1 Å². The molecule has 0 fully saturated rings. The third-order valence-corrected chi connectivity index (χ3v) is 3.00. The molecule has 1 heterocycles. The number of H-pyrrole nitrogens is 1. The zero-order valence-corrected chi connectivity index (χ0v) is 11.6. The quantitative estimate of drug-likeness (QED) is 0.869. The molecule has 0 aliphatic carbocycles. The number of benzene rings is 1. The molecule has 0 aliphatic heterocycles. The van der Waals surface area contributed by atoms with Gasteiger partial charge < -0.3 is 14.8 Å². The lowest BCUT2D eigenvalue weighted by atomic mass is 10.1. The second kappa shape index (κ2) is 6.34. The maximum Gasteiger partial charge on any atom is 0.254 e. The molecule has 5 heteroatoms. The van der Waals surface area contributed by atoms with Crippen molar-refractivity contribution in [2.45, 2.75) is 20.3 Å². The van der Waals surface area contributed by atoms with Crippen LogP contribution >= 0.6 is 0 Å². The molecule has 0 aliphatic rings. The summed E-state index contributed by atoms with van der Waals surface area (Å²) in [5, 5.41) is 8.95. The molecule has 0 saturated carbocycles. The van der Waals surface area contributed by atoms with Gasteiger partial charge in [-0.1, -0.05) is 12.1 Å². The van der Waals surface area contributed by atoms with Gasteiger partial charge >= 0.3 is 0 Å². The fourth-order valence-corrected chi connectivity index (χ4v) is 2.05. The molecule has 20 heavy (non-hydrogen) atoms. The first-order chi connectivity index (χ1) is 9.65. The number of aromatic nitrogens is 2. The minimum absolute atomic E-state index is 0.0647. The molecule has 1 aromatic carbocycles. The van der Waals surface area contributed by atoms with Gasteiger partial charge in [-0.15, -0.1) is 0 Å². The van der Waals surface area contributed by atoms with Crippen molar-refractivity contribution in [2.75, 3.05) is 13.2 Å². The molecule has 0 saturated heterocycles. The Balaban J connectivity index is 2.43. The highest BCUT2D eigenvalue weighted by atomic mass is 16.5. The summed E-state index contributed by atoms with van der Waals surface area (Å²) in [6.07, 6.45) is 0.313. The average molecular weight is 274 g/mol. The van der Waals surface area contributed by atoms with Crippen LogP contribution in [0.15, 0.2) is 29.1 Å². The van der Waals surface area contributed by atoms with Crippen LogP contribution in [0.1, 0.15) is 18.2 Å². The molecular weight excluding hydrogens is 256 g/mol. The zero-order chi connectivity index (χ0) is 14.5. The Bertz CT molecular complexity index is 650. The van der Waals surface area contributed by atoms with Crippen LogP contribution in [0.5, 0.6) is 5.75 Å². The normalized spacial score (nSPS) is 10.6. The van der Waals surface area contributed by atoms with Crippen molar-refractivity contribution in [3.63, 3.8) is 0 Å². The van der Waals surface area contributed by atoms with E-state index >= 15 is 0 Å². The number of hydrogen-bond acceptors (Lipinski definition) is 4. The Morgan fingerprint density at radius 2 is 2.20 bits per heavy atom. The highest BCUT2D eigenvalue weighted by molar-refractivity contribution is 5.57. The van der Waals surface area contributed by atoms with Crippen LogP contribution in [0.3, 0.4) is 0 Å². The van der Waals surface area contributed by atoms with Crippen molar-refractivity contribution in [1.82, 2.24) is 9.97 Å². The van der Waals surface area contributed by atoms with Crippen LogP contribution in [0, 0.1) is 6.92 Å². The molecule has 2 N–H and O–H groups in total. The second-order valence-corrected chi connectivity index (χ2v) is 4.41. The second-order valence-electron chi connectivity index (χ2n) is 4.41. The molecule has 1 aromatic heterocycles. The predicted molar refractivity (Wildman–Crippen MR) is 77.0 cm³/mol. The zero-order valence-electron chi connectivity index (χ0n) is 11.6. The van der Waals surface area contributed by atoms with Gasteiger partial charge in [0.05, 0.1) is 6.61 Å². The smallest absolute Gasteiger partial charge is 0.254 e. The number of aliphatic hydroxyl groups is 1. The summed E-state index contributed by atoms with van der Waals surface area (Å²) in [6.45, 7) is 4.21. The third-order valence-electron chi connectivity index (χ3n) is 3.00. The van der Waals surface area contributed by atoms with Crippen LogP contribution in [0.4, 0.5) is 0 Å². The number of nitrogens with one attached hydrogen (secondary N) is 1. The summed E-state index contributed by atoms with van der Waals surface area (Å²) in [6, 6.07) is 7.42. The maximum atomic E-state index is 12.0. The van der Waals surface area contributed by atoms with Crippen molar-refractivity contribution < 1.29 is 9.84 Å². The number of aromatic amines is 1. The van der Waals surface area contributed by atoms with Crippen LogP contribution in [0.25, 0.3) is 11.4 Å². The summed E-state index contributed by atoms with van der Waals surface area (Å²) < 4.78 is 5.44. The lowest BCUT2D eigenvalue weighted by Gasteiger charge is -2.08. The maximum absolute atomic E-state index is 12.0. The van der Waals surface area contributed by atoms with E-state index in [0.29, 0.717) is 30.1 Å². The lowest BCUT2D eigenvalue weighted by Crippen LogP contribution is -2.18. The van der Waals surface area contributed by atoms with Gasteiger partial charge in [-0.2, -0.15) is 0 Å². The molecule has 0 spiro atoms. The number of aliphatic hydroxyl groups excluding tert-OH is 1. The van der Waals surface area contributed by atoms with E-state index in [0.717, 1.165) is 11.3 Å². The first-order valence-corrected chi connectivity index (χ1v) is 6.59. The van der Waals surface area contributed by atoms with Crippen molar-refractivity contribution in [3.05, 3.63) is 45.9 Å². The predicted octanol–water partition coefficient (Wildman–Crippen LogP) is 1.68. The van der Waals surface area contributed by atoms with E-state index in [1.807, 2.05) is 31.2 Å². The van der Waals surface area contributed by atoms with Gasteiger partial charge in [0.25, 0.3) is 5.56 Å². The molecule has 2 rings (SSSR count). The molecule has 0 radical (unpaired) electrons. The van der Waals surface area contributed by atoms with E-state index in [2.05, 4.69) is 9.97 Å². The van der Waals surface area contributed by atoms with E-state index in [-0.39, 0.29) is 12.2 Å². The molecule has 0 amide bonds. The lowest BCUT2D eigenvalue weighted by molar-refractivity contribution is 0.298. The van der Waals surface area contributed by atoms with Crippen molar-refractivity contribution in [2.24, 2.45) is 0 Å². The number of aryl methyl sites for hydroxylation is 1. The number of ether oxygens (including phenoxy) is 1. The summed E-state index contributed by atoms with van der Waals surface area (Å²) >= 11 is 0. The topological polar surface area (TPSA) is 75.2 Å². The average Bonchev–Trinajstić information content (AvgIpc) is 2.43. The monoisotopic (exact) mass is 274 g/mol. The van der Waals surface area contributed by atoms with Gasteiger partial charge in [0.1, 0.15) is 11.6 Å². The molecule has 0 atom stereocenters. The SMILES string of the molecule is CCOc1cccc(-c2nc(C)c(CCO)c(=O)[nH]2)c1. The molecule has 106 valence electrons. The molecule has 2 aromatic rings. The highest BCUT2D eigenvalue weighted by Gasteiger charge is 2.09. The summed E-state index contributed by atoms with van der Waals surface area (Å²) in [7, 11) is 0. The minimum atomic E-state index is -0.205. The molecule has 0 bridgehead atoms. The third kappa shape index (κ3) is 3.05. The molecule has 0 unspecified atom stereocenters. The van der Waals surface area contributed by atoms with Gasteiger partial charge in [0.15, 0.2) is 0 Å². The Labute approximate surface area is 117 Å². The van der Waals surface area contributed by atoms with E-state index in [9.17, 15) is 4.79 Å². The van der Waals surface area contributed by atoms with Crippen LogP contribution in [-0.2, 0) is 6.42 Å². The Kier molecular flexibility index (Phi) is 4.53. The summed E-state index contributed by atoms with van der Waals surface area (Å²) in [5.74, 6) is 1.25. The largest absolute Gasteiger partial charge is 0.494 e. The van der Waals surface area contributed by atoms with Gasteiger partial charge in [-0.25, -0.2) is 4.98 Å².